The summed E-state index contributed by atoms with van der Waals surface area (Å²) >= 11 is 0. The third-order valence-corrected chi connectivity index (χ3v) is 4.33. The first-order chi connectivity index (χ1) is 11.2. The van der Waals surface area contributed by atoms with Crippen molar-refractivity contribution in [3.8, 4) is 5.75 Å². The summed E-state index contributed by atoms with van der Waals surface area (Å²) in [5, 5.41) is 12.6. The number of nitrogens with zero attached hydrogens (tertiary/aromatic N) is 3. The number of carbonyl (C=O) groups excluding carboxylic acids is 1. The van der Waals surface area contributed by atoms with Gasteiger partial charge in [-0.25, -0.2) is 4.98 Å². The molecule has 0 bridgehead atoms. The molecule has 6 heteroatoms. The van der Waals surface area contributed by atoms with E-state index in [1.807, 2.05) is 12.3 Å². The number of rotatable bonds is 4. The SMILES string of the molecule is CN1CC[C@@H](CNC(=O)c2ncccc2O)[C@@H]1c1cccnc1. The van der Waals surface area contributed by atoms with Crippen molar-refractivity contribution < 1.29 is 9.90 Å². The minimum atomic E-state index is -0.345. The smallest absolute Gasteiger partial charge is 0.273 e. The topological polar surface area (TPSA) is 78.4 Å². The lowest BCUT2D eigenvalue weighted by Crippen LogP contribution is -2.32. The molecule has 1 amide bonds. The predicted molar refractivity (Wildman–Crippen MR) is 86.0 cm³/mol. The monoisotopic (exact) mass is 312 g/mol. The predicted octanol–water partition coefficient (Wildman–Crippen LogP) is 1.60. The molecule has 23 heavy (non-hydrogen) atoms. The third kappa shape index (κ3) is 3.32. The first-order valence-electron chi connectivity index (χ1n) is 7.69. The highest BCUT2D eigenvalue weighted by molar-refractivity contribution is 5.94. The second-order valence-corrected chi connectivity index (χ2v) is 5.84. The van der Waals surface area contributed by atoms with Gasteiger partial charge in [0.25, 0.3) is 5.91 Å². The van der Waals surface area contributed by atoms with Crippen LogP contribution in [0.25, 0.3) is 0 Å². The number of hydrogen-bond acceptors (Lipinski definition) is 5. The minimum Gasteiger partial charge on any atom is -0.505 e. The summed E-state index contributed by atoms with van der Waals surface area (Å²) in [6.45, 7) is 1.52. The summed E-state index contributed by atoms with van der Waals surface area (Å²) in [5.74, 6) is -0.140. The number of aromatic hydroxyl groups is 1. The van der Waals surface area contributed by atoms with Gasteiger partial charge in [0.15, 0.2) is 5.69 Å². The molecule has 0 spiro atoms. The largest absolute Gasteiger partial charge is 0.505 e. The molecule has 0 aliphatic carbocycles. The van der Waals surface area contributed by atoms with Crippen LogP contribution in [0.4, 0.5) is 0 Å². The van der Waals surface area contributed by atoms with Gasteiger partial charge in [0.1, 0.15) is 5.75 Å². The fraction of sp³-hybridized carbons (Fsp3) is 0.353. The van der Waals surface area contributed by atoms with Gasteiger partial charge < -0.3 is 10.4 Å². The highest BCUT2D eigenvalue weighted by atomic mass is 16.3. The molecule has 0 unspecified atom stereocenters. The van der Waals surface area contributed by atoms with Crippen molar-refractivity contribution in [3.05, 3.63) is 54.1 Å². The molecule has 1 fully saturated rings. The molecule has 0 radical (unpaired) electrons. The van der Waals surface area contributed by atoms with E-state index in [2.05, 4.69) is 33.3 Å². The standard InChI is InChI=1S/C17H20N4O2/c1-21-9-6-13(16(21)12-4-2-7-18-10-12)11-20-17(23)15-14(22)5-3-8-19-15/h2-5,7-8,10,13,16,22H,6,9,11H2,1H3,(H,20,23)/t13-,16-/m0/s1. The van der Waals surface area contributed by atoms with E-state index in [9.17, 15) is 9.90 Å². The lowest BCUT2D eigenvalue weighted by Gasteiger charge is -2.25. The maximum atomic E-state index is 12.2. The van der Waals surface area contributed by atoms with Gasteiger partial charge in [-0.1, -0.05) is 6.07 Å². The van der Waals surface area contributed by atoms with Crippen LogP contribution in [0.1, 0.15) is 28.5 Å². The Hall–Kier alpha value is -2.47. The fourth-order valence-electron chi connectivity index (χ4n) is 3.20. The number of aromatic nitrogens is 2. The summed E-state index contributed by atoms with van der Waals surface area (Å²) in [6, 6.07) is 7.30. The molecule has 120 valence electrons. The van der Waals surface area contributed by atoms with E-state index in [0.717, 1.165) is 18.5 Å². The van der Waals surface area contributed by atoms with Crippen LogP contribution in [0.3, 0.4) is 0 Å². The second-order valence-electron chi connectivity index (χ2n) is 5.84. The Morgan fingerprint density at radius 1 is 1.39 bits per heavy atom. The zero-order chi connectivity index (χ0) is 16.2. The molecule has 2 N–H and O–H groups in total. The summed E-state index contributed by atoms with van der Waals surface area (Å²) in [7, 11) is 2.09. The minimum absolute atomic E-state index is 0.0665. The van der Waals surface area contributed by atoms with Crippen LogP contribution < -0.4 is 5.32 Å². The van der Waals surface area contributed by atoms with Crippen molar-refractivity contribution >= 4 is 5.91 Å². The van der Waals surface area contributed by atoms with Gasteiger partial charge in [-0.15, -0.1) is 0 Å². The molecule has 6 nitrogen and oxygen atoms in total. The number of hydrogen-bond donors (Lipinski definition) is 2. The summed E-state index contributed by atoms with van der Waals surface area (Å²) < 4.78 is 0. The van der Waals surface area contributed by atoms with Crippen LogP contribution in [0.5, 0.6) is 5.75 Å². The fourth-order valence-corrected chi connectivity index (χ4v) is 3.20. The Morgan fingerprint density at radius 3 is 2.96 bits per heavy atom. The molecule has 0 saturated carbocycles. The Labute approximate surface area is 135 Å². The number of pyridine rings is 2. The maximum Gasteiger partial charge on any atom is 0.273 e. The van der Waals surface area contributed by atoms with E-state index in [1.54, 1.807) is 12.3 Å². The number of nitrogens with one attached hydrogen (secondary N) is 1. The maximum absolute atomic E-state index is 12.2. The first-order valence-corrected chi connectivity index (χ1v) is 7.69. The van der Waals surface area contributed by atoms with E-state index in [4.69, 9.17) is 0 Å². The van der Waals surface area contributed by atoms with Gasteiger partial charge in [0, 0.05) is 31.2 Å². The van der Waals surface area contributed by atoms with Crippen molar-refractivity contribution in [2.75, 3.05) is 20.1 Å². The van der Waals surface area contributed by atoms with E-state index < -0.39 is 0 Å². The zero-order valence-electron chi connectivity index (χ0n) is 13.0. The molecule has 1 saturated heterocycles. The van der Waals surface area contributed by atoms with Gasteiger partial charge in [0.05, 0.1) is 0 Å². The van der Waals surface area contributed by atoms with Crippen molar-refractivity contribution in [3.63, 3.8) is 0 Å². The number of amides is 1. The van der Waals surface area contributed by atoms with Gasteiger partial charge >= 0.3 is 0 Å². The molecular weight excluding hydrogens is 292 g/mol. The van der Waals surface area contributed by atoms with Gasteiger partial charge in [-0.3, -0.25) is 14.7 Å². The normalized spacial score (nSPS) is 21.3. The quantitative estimate of drug-likeness (QED) is 0.896. The summed E-state index contributed by atoms with van der Waals surface area (Å²) in [4.78, 5) is 22.6. The second kappa shape index (κ2) is 6.75. The molecule has 1 aliphatic rings. The summed E-state index contributed by atoms with van der Waals surface area (Å²) in [5.41, 5.74) is 1.23. The van der Waals surface area contributed by atoms with E-state index in [0.29, 0.717) is 12.5 Å². The van der Waals surface area contributed by atoms with Crippen LogP contribution in [0.2, 0.25) is 0 Å². The van der Waals surface area contributed by atoms with Crippen LogP contribution in [-0.4, -0.2) is 46.0 Å². The highest BCUT2D eigenvalue weighted by Gasteiger charge is 2.33. The highest BCUT2D eigenvalue weighted by Crippen LogP contribution is 2.35. The van der Waals surface area contributed by atoms with Gasteiger partial charge in [-0.05, 0) is 49.7 Å². The zero-order valence-corrected chi connectivity index (χ0v) is 13.0. The van der Waals surface area contributed by atoms with Crippen LogP contribution in [-0.2, 0) is 0 Å². The van der Waals surface area contributed by atoms with Crippen molar-refractivity contribution in [1.82, 2.24) is 20.2 Å². The van der Waals surface area contributed by atoms with Gasteiger partial charge in [-0.2, -0.15) is 0 Å². The Balaban J connectivity index is 1.68. The van der Waals surface area contributed by atoms with E-state index in [-0.39, 0.29) is 23.4 Å². The molecule has 0 aromatic carbocycles. The van der Waals surface area contributed by atoms with E-state index >= 15 is 0 Å². The average Bonchev–Trinajstić information content (AvgIpc) is 2.94. The van der Waals surface area contributed by atoms with Crippen molar-refractivity contribution in [2.24, 2.45) is 5.92 Å². The number of carbonyl (C=O) groups is 1. The molecular formula is C17H20N4O2. The molecule has 2 aromatic rings. The summed E-state index contributed by atoms with van der Waals surface area (Å²) in [6.07, 6.45) is 6.14. The third-order valence-electron chi connectivity index (χ3n) is 4.33. The van der Waals surface area contributed by atoms with Crippen LogP contribution >= 0.6 is 0 Å². The molecule has 2 aromatic heterocycles. The Kier molecular flexibility index (Phi) is 4.52. The van der Waals surface area contributed by atoms with Crippen molar-refractivity contribution in [1.29, 1.82) is 0 Å². The lowest BCUT2D eigenvalue weighted by atomic mass is 9.94. The van der Waals surface area contributed by atoms with Gasteiger partial charge in [0.2, 0.25) is 0 Å². The number of likely N-dealkylation sites (tertiary alicyclic amines) is 1. The molecule has 3 rings (SSSR count). The van der Waals surface area contributed by atoms with Crippen LogP contribution in [0.15, 0.2) is 42.9 Å². The van der Waals surface area contributed by atoms with E-state index in [1.165, 1.54) is 12.3 Å². The molecule has 1 aliphatic heterocycles. The Morgan fingerprint density at radius 2 is 2.22 bits per heavy atom. The molecule has 3 heterocycles. The molecule has 2 atom stereocenters. The lowest BCUT2D eigenvalue weighted by molar-refractivity contribution is 0.0935. The average molecular weight is 312 g/mol. The Bertz CT molecular complexity index is 677. The first kappa shape index (κ1) is 15.4. The van der Waals surface area contributed by atoms with Crippen molar-refractivity contribution in [2.45, 2.75) is 12.5 Å². The van der Waals surface area contributed by atoms with Crippen LogP contribution in [0, 0.1) is 5.92 Å².